The van der Waals surface area contributed by atoms with Crippen LogP contribution in [0.2, 0.25) is 5.02 Å². The molecule has 0 radical (unpaired) electrons. The molecule has 2 heterocycles. The minimum atomic E-state index is -1.27. The minimum Gasteiger partial charge on any atom is -0.506 e. The van der Waals surface area contributed by atoms with Crippen LogP contribution in [0.15, 0.2) is 29.2 Å². The van der Waals surface area contributed by atoms with E-state index >= 15 is 0 Å². The number of aromatic hydroxyl groups is 1. The van der Waals surface area contributed by atoms with Crippen molar-refractivity contribution in [1.82, 2.24) is 4.57 Å². The fraction of sp³-hybridized carbons (Fsp3) is 0.143. The summed E-state index contributed by atoms with van der Waals surface area (Å²) < 4.78 is 7.15. The van der Waals surface area contributed by atoms with Crippen LogP contribution >= 0.6 is 11.6 Å². The molecule has 1 aromatic heterocycles. The lowest BCUT2D eigenvalue weighted by atomic mass is 10.1. The van der Waals surface area contributed by atoms with Crippen molar-refractivity contribution in [3.8, 4) is 22.8 Å². The highest BCUT2D eigenvalue weighted by Gasteiger charge is 2.20. The predicted octanol–water partition coefficient (Wildman–Crippen LogP) is 1.96. The summed E-state index contributed by atoms with van der Waals surface area (Å²) in [7, 11) is 0. The summed E-state index contributed by atoms with van der Waals surface area (Å²) in [6.45, 7) is 0.659. The van der Waals surface area contributed by atoms with Gasteiger partial charge in [-0.25, -0.2) is 4.79 Å². The van der Waals surface area contributed by atoms with Crippen LogP contribution in [0.4, 0.5) is 0 Å². The Hall–Kier alpha value is -2.47. The van der Waals surface area contributed by atoms with Gasteiger partial charge in [-0.1, -0.05) is 11.6 Å². The number of hydrogen-bond acceptors (Lipinski definition) is 4. The van der Waals surface area contributed by atoms with E-state index in [1.807, 2.05) is 0 Å². The fourth-order valence-electron chi connectivity index (χ4n) is 2.27. The van der Waals surface area contributed by atoms with Crippen LogP contribution in [0.5, 0.6) is 11.5 Å². The molecule has 0 fully saturated rings. The van der Waals surface area contributed by atoms with E-state index in [2.05, 4.69) is 0 Å². The molecule has 1 aliphatic rings. The monoisotopic (exact) mass is 307 g/mol. The molecule has 0 bridgehead atoms. The van der Waals surface area contributed by atoms with Crippen LogP contribution in [0.3, 0.4) is 0 Å². The number of carbonyl (C=O) groups is 1. The Balaban J connectivity index is 2.30. The second-order valence-electron chi connectivity index (χ2n) is 4.58. The maximum Gasteiger partial charge on any atom is 0.341 e. The Morgan fingerprint density at radius 3 is 2.81 bits per heavy atom. The molecule has 0 atom stereocenters. The van der Waals surface area contributed by atoms with Gasteiger partial charge in [0.1, 0.15) is 23.7 Å². The molecule has 1 aliphatic heterocycles. The van der Waals surface area contributed by atoms with E-state index in [1.165, 1.54) is 24.4 Å². The highest BCUT2D eigenvalue weighted by Crippen LogP contribution is 2.38. The quantitative estimate of drug-likeness (QED) is 0.841. The number of pyridine rings is 1. The summed E-state index contributed by atoms with van der Waals surface area (Å²) in [5.41, 5.74) is 0.140. The number of carboxylic acids is 1. The van der Waals surface area contributed by atoms with E-state index in [1.54, 1.807) is 4.57 Å². The number of rotatable bonds is 1. The lowest BCUT2D eigenvalue weighted by molar-refractivity contribution is 0.0694. The van der Waals surface area contributed by atoms with Gasteiger partial charge in [-0.2, -0.15) is 0 Å². The first-order valence-electron chi connectivity index (χ1n) is 6.11. The molecule has 7 heteroatoms. The molecule has 21 heavy (non-hydrogen) atoms. The van der Waals surface area contributed by atoms with Crippen molar-refractivity contribution in [2.75, 3.05) is 6.61 Å². The third kappa shape index (κ3) is 2.23. The maximum absolute atomic E-state index is 11.9. The number of aromatic nitrogens is 1. The third-order valence-electron chi connectivity index (χ3n) is 3.27. The van der Waals surface area contributed by atoms with E-state index in [4.69, 9.17) is 21.4 Å². The first kappa shape index (κ1) is 13.5. The van der Waals surface area contributed by atoms with Gasteiger partial charge < -0.3 is 19.5 Å². The summed E-state index contributed by atoms with van der Waals surface area (Å²) in [5, 5.41) is 18.8. The number of carboxylic acid groups (broad SMARTS) is 1. The van der Waals surface area contributed by atoms with Crippen LogP contribution in [0.25, 0.3) is 11.3 Å². The summed E-state index contributed by atoms with van der Waals surface area (Å²) in [6, 6.07) is 4.11. The number of aromatic carboxylic acids is 1. The average Bonchev–Trinajstić information content (AvgIpc) is 2.58. The van der Waals surface area contributed by atoms with Crippen LogP contribution < -0.4 is 10.2 Å². The van der Waals surface area contributed by atoms with Crippen LogP contribution in [-0.4, -0.2) is 27.4 Å². The SMILES string of the molecule is O=C(O)c1cn2c(cc1=O)-c1cc(Cl)c(O)cc1OCC2. The van der Waals surface area contributed by atoms with Crippen molar-refractivity contribution in [3.05, 3.63) is 45.2 Å². The molecule has 108 valence electrons. The standard InChI is InChI=1S/C14H10ClNO5/c15-9-3-7-10-4-11(17)8(14(19)20)6-16(10)1-2-21-13(7)5-12(9)18/h3-6,18H,1-2H2,(H,19,20). The first-order chi connectivity index (χ1) is 9.97. The number of benzene rings is 1. The van der Waals surface area contributed by atoms with Crippen LogP contribution in [0, 0.1) is 0 Å². The molecule has 0 spiro atoms. The fourth-order valence-corrected chi connectivity index (χ4v) is 2.43. The van der Waals surface area contributed by atoms with E-state index in [9.17, 15) is 14.7 Å². The zero-order valence-corrected chi connectivity index (χ0v) is 11.4. The van der Waals surface area contributed by atoms with Crippen molar-refractivity contribution in [3.63, 3.8) is 0 Å². The molecule has 0 aliphatic carbocycles. The second kappa shape index (κ2) is 4.82. The highest BCUT2D eigenvalue weighted by molar-refractivity contribution is 6.32. The second-order valence-corrected chi connectivity index (χ2v) is 4.99. The molecule has 3 rings (SSSR count). The van der Waals surface area contributed by atoms with Crippen molar-refractivity contribution in [2.24, 2.45) is 0 Å². The molecule has 0 saturated heterocycles. The van der Waals surface area contributed by atoms with Crippen molar-refractivity contribution in [1.29, 1.82) is 0 Å². The molecular weight excluding hydrogens is 298 g/mol. The zero-order chi connectivity index (χ0) is 15.1. The van der Waals surface area contributed by atoms with Gasteiger partial charge in [0.05, 0.1) is 17.3 Å². The minimum absolute atomic E-state index is 0.117. The number of phenolic OH excluding ortho intramolecular Hbond substituents is 1. The highest BCUT2D eigenvalue weighted by atomic mass is 35.5. The van der Waals surface area contributed by atoms with E-state index in [0.29, 0.717) is 23.6 Å². The van der Waals surface area contributed by atoms with Gasteiger partial charge in [-0.15, -0.1) is 0 Å². The van der Waals surface area contributed by atoms with Gasteiger partial charge in [0.2, 0.25) is 0 Å². The summed E-state index contributed by atoms with van der Waals surface area (Å²) in [5.74, 6) is -0.997. The van der Waals surface area contributed by atoms with Gasteiger partial charge in [-0.3, -0.25) is 4.79 Å². The number of fused-ring (bicyclic) bond motifs is 3. The van der Waals surface area contributed by atoms with Gasteiger partial charge in [0.15, 0.2) is 5.43 Å². The first-order valence-corrected chi connectivity index (χ1v) is 6.48. The number of phenols is 1. The zero-order valence-electron chi connectivity index (χ0n) is 10.7. The Morgan fingerprint density at radius 2 is 2.10 bits per heavy atom. The van der Waals surface area contributed by atoms with Crippen molar-refractivity contribution >= 4 is 17.6 Å². The maximum atomic E-state index is 11.9. The number of halogens is 1. The summed E-state index contributed by atoms with van der Waals surface area (Å²) in [6.07, 6.45) is 1.29. The van der Waals surface area contributed by atoms with E-state index < -0.39 is 11.4 Å². The van der Waals surface area contributed by atoms with Gasteiger partial charge >= 0.3 is 5.97 Å². The number of nitrogens with zero attached hydrogens (tertiary/aromatic N) is 1. The molecule has 1 aromatic carbocycles. The predicted molar refractivity (Wildman–Crippen MR) is 75.3 cm³/mol. The van der Waals surface area contributed by atoms with Crippen molar-refractivity contribution < 1.29 is 19.7 Å². The molecule has 2 N–H and O–H groups in total. The van der Waals surface area contributed by atoms with Gasteiger partial charge in [-0.05, 0) is 6.07 Å². The Labute approximate surface area is 123 Å². The summed E-state index contributed by atoms with van der Waals surface area (Å²) in [4.78, 5) is 22.9. The molecular formula is C14H10ClNO5. The van der Waals surface area contributed by atoms with E-state index in [-0.39, 0.29) is 22.9 Å². The number of ether oxygens (including phenoxy) is 1. The van der Waals surface area contributed by atoms with Crippen LogP contribution in [0.1, 0.15) is 10.4 Å². The summed E-state index contributed by atoms with van der Waals surface area (Å²) >= 11 is 5.90. The third-order valence-corrected chi connectivity index (χ3v) is 3.58. The molecule has 0 saturated carbocycles. The lowest BCUT2D eigenvalue weighted by Crippen LogP contribution is -2.19. The number of hydrogen-bond donors (Lipinski definition) is 2. The van der Waals surface area contributed by atoms with Gasteiger partial charge in [0.25, 0.3) is 0 Å². The van der Waals surface area contributed by atoms with E-state index in [0.717, 1.165) is 0 Å². The van der Waals surface area contributed by atoms with Gasteiger partial charge in [0, 0.05) is 23.9 Å². The molecule has 6 nitrogen and oxygen atoms in total. The largest absolute Gasteiger partial charge is 0.506 e. The van der Waals surface area contributed by atoms with Crippen molar-refractivity contribution in [2.45, 2.75) is 6.54 Å². The Kier molecular flexibility index (Phi) is 3.10. The Morgan fingerprint density at radius 1 is 1.33 bits per heavy atom. The van der Waals surface area contributed by atoms with Crippen LogP contribution in [-0.2, 0) is 6.54 Å². The smallest absolute Gasteiger partial charge is 0.341 e. The topological polar surface area (TPSA) is 88.8 Å². The molecule has 0 unspecified atom stereocenters. The molecule has 2 aromatic rings. The normalized spacial score (nSPS) is 12.8. The lowest BCUT2D eigenvalue weighted by Gasteiger charge is -2.11. The average molecular weight is 308 g/mol. The molecule has 0 amide bonds. The Bertz CT molecular complexity index is 812.